The van der Waals surface area contributed by atoms with E-state index in [1.807, 2.05) is 12.1 Å². The second-order valence-corrected chi connectivity index (χ2v) is 6.99. The van der Waals surface area contributed by atoms with Gasteiger partial charge in [-0.05, 0) is 42.5 Å². The fourth-order valence-corrected chi connectivity index (χ4v) is 3.64. The smallest absolute Gasteiger partial charge is 0.411 e. The van der Waals surface area contributed by atoms with Crippen LogP contribution in [-0.4, -0.2) is 47.9 Å². The summed E-state index contributed by atoms with van der Waals surface area (Å²) in [5.41, 5.74) is 8.57. The van der Waals surface area contributed by atoms with Crippen LogP contribution in [0.1, 0.15) is 27.9 Å². The molecule has 1 unspecified atom stereocenters. The number of aryl methyl sites for hydroxylation is 1. The lowest BCUT2D eigenvalue weighted by atomic mass is 9.89. The van der Waals surface area contributed by atoms with E-state index in [-0.39, 0.29) is 29.8 Å². The molecule has 0 radical (unpaired) electrons. The molecule has 2 aliphatic rings. The van der Waals surface area contributed by atoms with Gasteiger partial charge in [-0.2, -0.15) is 13.2 Å². The van der Waals surface area contributed by atoms with Crippen LogP contribution in [0.15, 0.2) is 24.5 Å². The second-order valence-electron chi connectivity index (χ2n) is 6.99. The van der Waals surface area contributed by atoms with Crippen LogP contribution < -0.4 is 15.4 Å². The largest absolute Gasteiger partial charge is 0.475 e. The number of ether oxygens (including phenoxy) is 2. The number of alkyl halides is 3. The van der Waals surface area contributed by atoms with Crippen LogP contribution in [-0.2, 0) is 17.6 Å². The van der Waals surface area contributed by atoms with Gasteiger partial charge in [0.25, 0.3) is 5.91 Å². The van der Waals surface area contributed by atoms with Crippen molar-refractivity contribution in [3.8, 4) is 5.88 Å². The Morgan fingerprint density at radius 3 is 2.90 bits per heavy atom. The molecule has 1 atom stereocenters. The lowest BCUT2D eigenvalue weighted by Crippen LogP contribution is -2.33. The van der Waals surface area contributed by atoms with Crippen molar-refractivity contribution in [1.82, 2.24) is 9.97 Å². The van der Waals surface area contributed by atoms with Gasteiger partial charge in [0.15, 0.2) is 0 Å². The zero-order valence-electron chi connectivity index (χ0n) is 15.4. The summed E-state index contributed by atoms with van der Waals surface area (Å²) in [7, 11) is 0. The number of nitrogens with two attached hydrogens (primary N) is 1. The number of nitrogens with zero attached hydrogens (tertiary/aromatic N) is 3. The monoisotopic (exact) mass is 408 g/mol. The molecule has 154 valence electrons. The van der Waals surface area contributed by atoms with Crippen molar-refractivity contribution in [3.05, 3.63) is 41.2 Å². The Kier molecular flexibility index (Phi) is 5.03. The van der Waals surface area contributed by atoms with Gasteiger partial charge in [-0.15, -0.1) is 0 Å². The summed E-state index contributed by atoms with van der Waals surface area (Å²) in [6.07, 6.45) is -2.08. The summed E-state index contributed by atoms with van der Waals surface area (Å²) in [5.74, 6) is -0.139. The Hall–Kier alpha value is -2.88. The number of carbonyl (C=O) groups excluding carboxylic acids is 1. The Bertz CT molecular complexity index is 935. The molecule has 1 aromatic heterocycles. The molecule has 29 heavy (non-hydrogen) atoms. The van der Waals surface area contributed by atoms with Crippen LogP contribution in [0.4, 0.5) is 24.7 Å². The van der Waals surface area contributed by atoms with Gasteiger partial charge in [0, 0.05) is 5.69 Å². The van der Waals surface area contributed by atoms with Crippen LogP contribution in [0.3, 0.4) is 0 Å². The fourth-order valence-electron chi connectivity index (χ4n) is 3.64. The summed E-state index contributed by atoms with van der Waals surface area (Å²) in [6, 6.07) is 5.49. The highest BCUT2D eigenvalue weighted by Crippen LogP contribution is 2.31. The summed E-state index contributed by atoms with van der Waals surface area (Å²) in [4.78, 5) is 22.4. The van der Waals surface area contributed by atoms with E-state index in [1.165, 1.54) is 6.33 Å². The molecule has 1 amide bonds. The molecule has 0 bridgehead atoms. The van der Waals surface area contributed by atoms with Gasteiger partial charge in [-0.1, -0.05) is 6.07 Å². The highest BCUT2D eigenvalue weighted by molar-refractivity contribution is 6.10. The number of benzene rings is 1. The maximum Gasteiger partial charge on any atom is 0.411 e. The lowest BCUT2D eigenvalue weighted by molar-refractivity contribution is -0.186. The summed E-state index contributed by atoms with van der Waals surface area (Å²) < 4.78 is 47.7. The van der Waals surface area contributed by atoms with Crippen molar-refractivity contribution in [2.45, 2.75) is 31.5 Å². The van der Waals surface area contributed by atoms with Crippen molar-refractivity contribution in [3.63, 3.8) is 0 Å². The Balaban J connectivity index is 1.54. The van der Waals surface area contributed by atoms with E-state index in [4.69, 9.17) is 15.2 Å². The normalized spacial score (nSPS) is 19.2. The third kappa shape index (κ3) is 4.12. The highest BCUT2D eigenvalue weighted by Gasteiger charge is 2.32. The molecule has 2 heterocycles. The first-order valence-corrected chi connectivity index (χ1v) is 9.17. The van der Waals surface area contributed by atoms with Crippen LogP contribution in [0.25, 0.3) is 0 Å². The number of aromatic nitrogens is 2. The van der Waals surface area contributed by atoms with E-state index < -0.39 is 18.9 Å². The average Bonchev–Trinajstić information content (AvgIpc) is 2.85. The molecule has 10 heteroatoms. The molecule has 1 aromatic carbocycles. The molecule has 0 spiro atoms. The molecule has 4 rings (SSSR count). The number of hydrogen-bond donors (Lipinski definition) is 1. The molecular formula is C19H19F3N4O3. The van der Waals surface area contributed by atoms with Crippen molar-refractivity contribution in [2.75, 3.05) is 30.4 Å². The minimum atomic E-state index is -4.33. The third-order valence-electron chi connectivity index (χ3n) is 5.02. The van der Waals surface area contributed by atoms with Crippen LogP contribution in [0.5, 0.6) is 5.88 Å². The van der Waals surface area contributed by atoms with E-state index in [1.54, 1.807) is 11.0 Å². The number of rotatable bonds is 3. The first kappa shape index (κ1) is 19.4. The molecule has 0 fully saturated rings. The van der Waals surface area contributed by atoms with E-state index in [0.717, 1.165) is 11.1 Å². The van der Waals surface area contributed by atoms with Crippen molar-refractivity contribution in [1.29, 1.82) is 0 Å². The number of nitrogen functional groups attached to an aromatic ring is 1. The minimum Gasteiger partial charge on any atom is -0.475 e. The summed E-state index contributed by atoms with van der Waals surface area (Å²) in [6.45, 7) is -0.680. The van der Waals surface area contributed by atoms with Crippen molar-refractivity contribution < 1.29 is 27.4 Å². The van der Waals surface area contributed by atoms with Gasteiger partial charge < -0.3 is 20.1 Å². The maximum atomic E-state index is 13.0. The number of fused-ring (bicyclic) bond motifs is 2. The van der Waals surface area contributed by atoms with Crippen molar-refractivity contribution in [2.24, 2.45) is 0 Å². The zero-order chi connectivity index (χ0) is 20.6. The van der Waals surface area contributed by atoms with Gasteiger partial charge in [0.1, 0.15) is 30.9 Å². The number of amides is 1. The summed E-state index contributed by atoms with van der Waals surface area (Å²) in [5, 5.41) is 0. The number of hydrogen-bond acceptors (Lipinski definition) is 6. The van der Waals surface area contributed by atoms with Crippen LogP contribution in [0, 0.1) is 0 Å². The first-order valence-electron chi connectivity index (χ1n) is 9.17. The standard InChI is InChI=1S/C19H19F3N4O3/c20-19(21,22)9-29-14-4-2-11-7-13(3-1-12(11)8-14)26-5-6-28-17-15(18(26)27)16(23)24-10-25-17/h1,3,7,10,14H,2,4-6,8-9H2,(H2,23,24,25). The second kappa shape index (κ2) is 7.51. The predicted octanol–water partition coefficient (Wildman–Crippen LogP) is 2.53. The average molecular weight is 408 g/mol. The third-order valence-corrected chi connectivity index (χ3v) is 5.02. The molecule has 1 aliphatic carbocycles. The quantitative estimate of drug-likeness (QED) is 0.840. The van der Waals surface area contributed by atoms with Gasteiger partial charge in [0.05, 0.1) is 12.6 Å². The SMILES string of the molecule is Nc1ncnc2c1C(=O)N(c1ccc3c(c1)CCC(OCC(F)(F)F)C3)CCO2. The molecule has 7 nitrogen and oxygen atoms in total. The minimum absolute atomic E-state index is 0.0505. The van der Waals surface area contributed by atoms with Crippen LogP contribution >= 0.6 is 0 Å². The molecule has 1 aliphatic heterocycles. The van der Waals surface area contributed by atoms with E-state index in [0.29, 0.717) is 31.5 Å². The zero-order valence-corrected chi connectivity index (χ0v) is 15.4. The van der Waals surface area contributed by atoms with Gasteiger partial charge in [0.2, 0.25) is 5.88 Å². The lowest BCUT2D eigenvalue weighted by Gasteiger charge is -2.27. The van der Waals surface area contributed by atoms with Crippen LogP contribution in [0.2, 0.25) is 0 Å². The Morgan fingerprint density at radius 2 is 2.10 bits per heavy atom. The highest BCUT2D eigenvalue weighted by atomic mass is 19.4. The number of halogens is 3. The van der Waals surface area contributed by atoms with E-state index in [9.17, 15) is 18.0 Å². The number of carbonyl (C=O) groups is 1. The maximum absolute atomic E-state index is 13.0. The molecule has 2 aromatic rings. The topological polar surface area (TPSA) is 90.6 Å². The Morgan fingerprint density at radius 1 is 1.28 bits per heavy atom. The van der Waals surface area contributed by atoms with Crippen molar-refractivity contribution >= 4 is 17.4 Å². The molecule has 0 saturated heterocycles. The molecular weight excluding hydrogens is 389 g/mol. The van der Waals surface area contributed by atoms with Gasteiger partial charge >= 0.3 is 6.18 Å². The van der Waals surface area contributed by atoms with Gasteiger partial charge in [-0.3, -0.25) is 4.79 Å². The van der Waals surface area contributed by atoms with E-state index >= 15 is 0 Å². The fraction of sp³-hybridized carbons (Fsp3) is 0.421. The van der Waals surface area contributed by atoms with Gasteiger partial charge in [-0.25, -0.2) is 9.97 Å². The first-order chi connectivity index (χ1) is 13.8. The Labute approximate surface area is 164 Å². The number of anilines is 2. The summed E-state index contributed by atoms with van der Waals surface area (Å²) >= 11 is 0. The molecule has 2 N–H and O–H groups in total. The van der Waals surface area contributed by atoms with E-state index in [2.05, 4.69) is 9.97 Å². The molecule has 0 saturated carbocycles. The predicted molar refractivity (Wildman–Crippen MR) is 97.9 cm³/mol.